The Bertz CT molecular complexity index is 458. The van der Waals surface area contributed by atoms with Crippen LogP contribution in [0.15, 0.2) is 23.3 Å². The van der Waals surface area contributed by atoms with E-state index in [1.807, 2.05) is 0 Å². The number of hydrogen-bond donors (Lipinski definition) is 1. The van der Waals surface area contributed by atoms with Crippen LogP contribution in [0.4, 0.5) is 0 Å². The average molecular weight is 274 g/mol. The zero-order chi connectivity index (χ0) is 14.3. The van der Waals surface area contributed by atoms with E-state index >= 15 is 0 Å². The summed E-state index contributed by atoms with van der Waals surface area (Å²) < 4.78 is 0. The molecule has 2 heteroatoms. The van der Waals surface area contributed by atoms with Crippen molar-refractivity contribution in [2.75, 3.05) is 0 Å². The van der Waals surface area contributed by atoms with Crippen LogP contribution in [0.5, 0.6) is 0 Å². The molecule has 0 aromatic rings. The summed E-state index contributed by atoms with van der Waals surface area (Å²) in [6.07, 6.45) is 11.4. The number of rotatable bonds is 2. The van der Waals surface area contributed by atoms with Gasteiger partial charge in [-0.05, 0) is 61.3 Å². The summed E-state index contributed by atoms with van der Waals surface area (Å²) in [5.74, 6) is 1.64. The first kappa shape index (κ1) is 13.9. The summed E-state index contributed by atoms with van der Waals surface area (Å²) in [4.78, 5) is 11.5. The van der Waals surface area contributed by atoms with Crippen LogP contribution in [-0.2, 0) is 4.79 Å². The van der Waals surface area contributed by atoms with Crippen molar-refractivity contribution >= 4 is 5.97 Å². The Morgan fingerprint density at radius 3 is 2.75 bits per heavy atom. The Balaban J connectivity index is 1.86. The maximum Gasteiger partial charge on any atom is 0.306 e. The first-order valence-electron chi connectivity index (χ1n) is 8.21. The minimum absolute atomic E-state index is 0.0953. The van der Waals surface area contributed by atoms with Gasteiger partial charge in [-0.3, -0.25) is 4.79 Å². The molecule has 0 bridgehead atoms. The highest BCUT2D eigenvalue weighted by atomic mass is 16.4. The summed E-state index contributed by atoms with van der Waals surface area (Å²) >= 11 is 0. The molecule has 2 nitrogen and oxygen atoms in total. The first-order chi connectivity index (χ1) is 9.58. The Labute approximate surface area is 122 Å². The minimum atomic E-state index is -0.564. The Kier molecular flexibility index (Phi) is 3.74. The number of allylic oxidation sites excluding steroid dienone is 4. The lowest BCUT2D eigenvalue weighted by Crippen LogP contribution is -2.40. The van der Waals surface area contributed by atoms with Crippen LogP contribution in [0.2, 0.25) is 0 Å². The molecule has 2 unspecified atom stereocenters. The van der Waals surface area contributed by atoms with Crippen LogP contribution in [0, 0.1) is 29.6 Å². The van der Waals surface area contributed by atoms with Crippen molar-refractivity contribution in [3.8, 4) is 0 Å². The van der Waals surface area contributed by atoms with E-state index in [9.17, 15) is 9.90 Å². The summed E-state index contributed by atoms with van der Waals surface area (Å²) in [5.41, 5.74) is 3.10. The van der Waals surface area contributed by atoms with Gasteiger partial charge in [-0.2, -0.15) is 0 Å². The zero-order valence-electron chi connectivity index (χ0n) is 12.6. The van der Waals surface area contributed by atoms with Gasteiger partial charge in [-0.15, -0.1) is 0 Å². The molecule has 0 saturated heterocycles. The molecule has 0 heterocycles. The van der Waals surface area contributed by atoms with Crippen molar-refractivity contribution in [2.45, 2.75) is 52.4 Å². The highest BCUT2D eigenvalue weighted by Gasteiger charge is 2.43. The molecule has 4 atom stereocenters. The molecule has 3 aliphatic rings. The van der Waals surface area contributed by atoms with Gasteiger partial charge < -0.3 is 5.11 Å². The van der Waals surface area contributed by atoms with Crippen LogP contribution in [-0.4, -0.2) is 11.1 Å². The van der Waals surface area contributed by atoms with Crippen molar-refractivity contribution in [1.29, 1.82) is 0 Å². The van der Waals surface area contributed by atoms with E-state index in [0.717, 1.165) is 19.3 Å². The Morgan fingerprint density at radius 2 is 2.05 bits per heavy atom. The highest BCUT2D eigenvalue weighted by Crippen LogP contribution is 2.50. The predicted octanol–water partition coefficient (Wildman–Crippen LogP) is 4.43. The third kappa shape index (κ3) is 2.34. The van der Waals surface area contributed by atoms with Gasteiger partial charge in [0.2, 0.25) is 0 Å². The highest BCUT2D eigenvalue weighted by molar-refractivity contribution is 5.70. The maximum atomic E-state index is 11.5. The number of hydrogen-bond acceptors (Lipinski definition) is 1. The van der Waals surface area contributed by atoms with Gasteiger partial charge >= 0.3 is 5.97 Å². The molecular weight excluding hydrogens is 248 g/mol. The van der Waals surface area contributed by atoms with Crippen LogP contribution >= 0.6 is 0 Å². The molecule has 0 amide bonds. The largest absolute Gasteiger partial charge is 0.481 e. The zero-order valence-corrected chi connectivity index (χ0v) is 12.6. The van der Waals surface area contributed by atoms with Gasteiger partial charge in [0.1, 0.15) is 0 Å². The summed E-state index contributed by atoms with van der Waals surface area (Å²) in [5, 5.41) is 9.46. The first-order valence-corrected chi connectivity index (χ1v) is 8.21. The Hall–Kier alpha value is -1.05. The summed E-state index contributed by atoms with van der Waals surface area (Å²) in [6, 6.07) is 0. The molecule has 0 radical (unpaired) electrons. The van der Waals surface area contributed by atoms with Gasteiger partial charge in [0.15, 0.2) is 0 Å². The van der Waals surface area contributed by atoms with Crippen LogP contribution < -0.4 is 0 Å². The van der Waals surface area contributed by atoms with Crippen molar-refractivity contribution in [3.63, 3.8) is 0 Å². The van der Waals surface area contributed by atoms with Gasteiger partial charge in [0.05, 0.1) is 5.92 Å². The molecule has 3 aliphatic carbocycles. The second kappa shape index (κ2) is 5.38. The monoisotopic (exact) mass is 274 g/mol. The van der Waals surface area contributed by atoms with Crippen molar-refractivity contribution in [3.05, 3.63) is 23.3 Å². The third-order valence-corrected chi connectivity index (χ3v) is 5.84. The van der Waals surface area contributed by atoms with E-state index in [2.05, 4.69) is 26.0 Å². The molecule has 0 aromatic heterocycles. The van der Waals surface area contributed by atoms with E-state index < -0.39 is 5.97 Å². The van der Waals surface area contributed by atoms with Crippen LogP contribution in [0.25, 0.3) is 0 Å². The predicted molar refractivity (Wildman–Crippen MR) is 80.3 cm³/mol. The number of carboxylic acid groups (broad SMARTS) is 1. The van der Waals surface area contributed by atoms with Crippen molar-refractivity contribution < 1.29 is 9.90 Å². The smallest absolute Gasteiger partial charge is 0.306 e. The van der Waals surface area contributed by atoms with Crippen LogP contribution in [0.1, 0.15) is 52.4 Å². The second-order valence-electron chi connectivity index (χ2n) is 7.16. The van der Waals surface area contributed by atoms with E-state index in [1.54, 1.807) is 5.57 Å². The van der Waals surface area contributed by atoms with Crippen molar-refractivity contribution in [1.82, 2.24) is 0 Å². The molecule has 1 N–H and O–H groups in total. The second-order valence-corrected chi connectivity index (χ2v) is 7.16. The van der Waals surface area contributed by atoms with Gasteiger partial charge in [0, 0.05) is 0 Å². The molecule has 1 saturated carbocycles. The number of carboxylic acids is 1. The fourth-order valence-corrected chi connectivity index (χ4v) is 4.73. The topological polar surface area (TPSA) is 37.3 Å². The lowest BCUT2D eigenvalue weighted by atomic mass is 9.59. The third-order valence-electron chi connectivity index (χ3n) is 5.84. The Morgan fingerprint density at radius 1 is 1.25 bits per heavy atom. The molecule has 3 rings (SSSR count). The fourth-order valence-electron chi connectivity index (χ4n) is 4.73. The number of carbonyl (C=O) groups is 1. The van der Waals surface area contributed by atoms with E-state index in [4.69, 9.17) is 0 Å². The van der Waals surface area contributed by atoms with Crippen LogP contribution in [0.3, 0.4) is 0 Å². The SMILES string of the molecule is CC(C)C1=CC2=CC[C@H]3C(C(=O)O)CCCC3[C@H]2CC1. The molecular formula is C18H26O2. The average Bonchev–Trinajstić information content (AvgIpc) is 2.45. The summed E-state index contributed by atoms with van der Waals surface area (Å²) in [6.45, 7) is 4.55. The van der Waals surface area contributed by atoms with Gasteiger partial charge in [0.25, 0.3) is 0 Å². The molecule has 1 fully saturated rings. The minimum Gasteiger partial charge on any atom is -0.481 e. The standard InChI is InChI=1S/C18H26O2/c1-11(2)12-6-8-14-13(10-12)7-9-16-15(14)4-3-5-17(16)18(19)20/h7,10-11,14-17H,3-6,8-9H2,1-2H3,(H,19,20)/t14-,15?,16+,17?/m0/s1. The molecule has 20 heavy (non-hydrogen) atoms. The van der Waals surface area contributed by atoms with E-state index in [1.165, 1.54) is 24.8 Å². The van der Waals surface area contributed by atoms with E-state index in [0.29, 0.717) is 23.7 Å². The molecule has 110 valence electrons. The summed E-state index contributed by atoms with van der Waals surface area (Å²) in [7, 11) is 0. The lowest BCUT2D eigenvalue weighted by molar-refractivity contribution is -0.146. The fraction of sp³-hybridized carbons (Fsp3) is 0.722. The maximum absolute atomic E-state index is 11.5. The lowest BCUT2D eigenvalue weighted by Gasteiger charge is -2.45. The van der Waals surface area contributed by atoms with Gasteiger partial charge in [-0.1, -0.05) is 38.0 Å². The number of fused-ring (bicyclic) bond motifs is 3. The molecule has 0 spiro atoms. The number of aliphatic carboxylic acids is 1. The molecule has 0 aromatic carbocycles. The normalized spacial score (nSPS) is 36.8. The molecule has 0 aliphatic heterocycles. The van der Waals surface area contributed by atoms with Gasteiger partial charge in [-0.25, -0.2) is 0 Å². The van der Waals surface area contributed by atoms with Crippen molar-refractivity contribution in [2.24, 2.45) is 29.6 Å². The quantitative estimate of drug-likeness (QED) is 0.809. The van der Waals surface area contributed by atoms with E-state index in [-0.39, 0.29) is 5.92 Å².